The molecular weight excluding hydrogens is 847 g/mol. The third-order valence-corrected chi connectivity index (χ3v) is 12.5. The molecule has 0 saturated heterocycles. The van der Waals surface area contributed by atoms with Crippen molar-refractivity contribution < 1.29 is 75.1 Å². The van der Waals surface area contributed by atoms with Gasteiger partial charge in [0, 0.05) is 35.5 Å². The van der Waals surface area contributed by atoms with E-state index in [-0.39, 0.29) is 79.3 Å². The van der Waals surface area contributed by atoms with Gasteiger partial charge in [-0.3, -0.25) is 9.59 Å². The number of nitriles is 1. The molecule has 5 rings (SSSR count). The number of amides is 1. The monoisotopic (exact) mass is 879 g/mol. The lowest BCUT2D eigenvalue weighted by molar-refractivity contribution is 0.0948. The van der Waals surface area contributed by atoms with Gasteiger partial charge < -0.3 is 44.6 Å². The predicted octanol–water partition coefficient (Wildman–Crippen LogP) is 6.14. The Morgan fingerprint density at radius 1 is 0.814 bits per heavy atom. The summed E-state index contributed by atoms with van der Waals surface area (Å²) < 4.78 is 102. The summed E-state index contributed by atoms with van der Waals surface area (Å²) >= 11 is 0.251. The summed E-state index contributed by atoms with van der Waals surface area (Å²) in [6, 6.07) is 11.9. The number of nitrogens with one attached hydrogen (secondary N) is 2. The standard InChI is InChI=1S/C37H33F3N3O13PS2/c38-25-16-23(8-5-22(25)18-41)56-57(50,51)19-43-59(52,53)31-17-24-32(39)34(54-12-2-1-4-26(44)20-6-9-27(45)29(47)14-20)35(33(40)36(24)58-31)55-13-3-11-42-37(49)21-7-10-28(46)30(48)15-21/h5-10,14-17,43,45-48H,1-4,11-13,19H2,(H,42,49)(H,50,51). The van der Waals surface area contributed by atoms with Gasteiger partial charge in [0.15, 0.2) is 40.4 Å². The number of hydrogen-bond acceptors (Lipinski definition) is 14. The van der Waals surface area contributed by atoms with Crippen LogP contribution < -0.4 is 24.0 Å². The van der Waals surface area contributed by atoms with Crippen molar-refractivity contribution in [2.24, 2.45) is 0 Å². The number of hydrogen-bond donors (Lipinski definition) is 7. The fraction of sp³-hybridized carbons (Fsp3) is 0.216. The first-order chi connectivity index (χ1) is 27.9. The summed E-state index contributed by atoms with van der Waals surface area (Å²) in [5, 5.41) is 49.1. The van der Waals surface area contributed by atoms with Crippen LogP contribution in [-0.2, 0) is 14.6 Å². The zero-order chi connectivity index (χ0) is 43.1. The number of halogens is 3. The summed E-state index contributed by atoms with van der Waals surface area (Å²) in [6.07, 6.45) is -0.960. The minimum absolute atomic E-state index is 0.0207. The van der Waals surface area contributed by atoms with Crippen molar-refractivity contribution in [1.82, 2.24) is 10.0 Å². The molecule has 59 heavy (non-hydrogen) atoms. The number of rotatable bonds is 19. The van der Waals surface area contributed by atoms with Gasteiger partial charge in [-0.05, 0) is 73.9 Å². The first-order valence-electron chi connectivity index (χ1n) is 17.2. The zero-order valence-electron chi connectivity index (χ0n) is 30.3. The van der Waals surface area contributed by atoms with Crippen molar-refractivity contribution in [2.75, 3.05) is 26.0 Å². The van der Waals surface area contributed by atoms with Crippen molar-refractivity contribution >= 4 is 50.7 Å². The van der Waals surface area contributed by atoms with Gasteiger partial charge in [0.25, 0.3) is 15.9 Å². The van der Waals surface area contributed by atoms with Crippen LogP contribution in [0.4, 0.5) is 13.2 Å². The first kappa shape index (κ1) is 44.1. The minimum atomic E-state index is -4.85. The molecule has 0 saturated carbocycles. The number of fused-ring (bicyclic) bond motifs is 1. The molecule has 312 valence electrons. The molecule has 0 fully saturated rings. The second kappa shape index (κ2) is 18.7. The van der Waals surface area contributed by atoms with Crippen LogP contribution in [0.25, 0.3) is 10.1 Å². The van der Waals surface area contributed by atoms with E-state index in [1.54, 1.807) is 6.07 Å². The molecule has 1 amide bonds. The number of ether oxygens (including phenoxy) is 2. The Kier molecular flexibility index (Phi) is 14.0. The van der Waals surface area contributed by atoms with Crippen molar-refractivity contribution in [3.8, 4) is 46.3 Å². The molecule has 0 spiro atoms. The summed E-state index contributed by atoms with van der Waals surface area (Å²) in [6.45, 7) is -0.671. The molecule has 7 N–H and O–H groups in total. The highest BCUT2D eigenvalue weighted by Gasteiger charge is 2.31. The molecule has 1 aromatic heterocycles. The molecule has 1 heterocycles. The van der Waals surface area contributed by atoms with Gasteiger partial charge in [-0.1, -0.05) is 0 Å². The third-order valence-electron chi connectivity index (χ3n) is 8.21. The quantitative estimate of drug-likeness (QED) is 0.0213. The summed E-state index contributed by atoms with van der Waals surface area (Å²) in [4.78, 5) is 35.2. The topological polar surface area (TPSA) is 262 Å². The van der Waals surface area contributed by atoms with Gasteiger partial charge in [-0.2, -0.15) is 9.98 Å². The Bertz CT molecular complexity index is 2500. The average molecular weight is 880 g/mol. The number of unbranched alkanes of at least 4 members (excludes halogenated alkanes) is 1. The second-order valence-corrected chi connectivity index (χ2v) is 17.3. The van der Waals surface area contributed by atoms with Gasteiger partial charge in [0.2, 0.25) is 11.5 Å². The number of carbonyl (C=O) groups excluding carboxylic acids is 2. The highest BCUT2D eigenvalue weighted by Crippen LogP contribution is 2.45. The van der Waals surface area contributed by atoms with E-state index in [4.69, 9.17) is 19.3 Å². The van der Waals surface area contributed by atoms with E-state index in [0.717, 1.165) is 42.5 Å². The lowest BCUT2D eigenvalue weighted by Gasteiger charge is -2.15. The van der Waals surface area contributed by atoms with Crippen LogP contribution in [-0.4, -0.2) is 71.5 Å². The largest absolute Gasteiger partial charge is 0.504 e. The van der Waals surface area contributed by atoms with Crippen molar-refractivity contribution in [2.45, 2.75) is 29.9 Å². The van der Waals surface area contributed by atoms with E-state index in [9.17, 15) is 52.3 Å². The lowest BCUT2D eigenvalue weighted by Crippen LogP contribution is -2.25. The van der Waals surface area contributed by atoms with Crippen LogP contribution >= 0.6 is 18.9 Å². The highest BCUT2D eigenvalue weighted by atomic mass is 32.2. The Hall–Kier alpha value is -6.04. The molecule has 0 aliphatic heterocycles. The summed E-state index contributed by atoms with van der Waals surface area (Å²) in [5.74, 6) is -8.37. The number of phenols is 4. The molecule has 0 bridgehead atoms. The Labute approximate surface area is 337 Å². The van der Waals surface area contributed by atoms with E-state index < -0.39 is 102 Å². The Morgan fingerprint density at radius 2 is 1.44 bits per heavy atom. The van der Waals surface area contributed by atoms with Gasteiger partial charge in [0.05, 0.1) is 23.5 Å². The maximum atomic E-state index is 16.1. The fourth-order valence-electron chi connectivity index (χ4n) is 5.21. The maximum absolute atomic E-state index is 16.1. The van der Waals surface area contributed by atoms with E-state index >= 15 is 8.78 Å². The number of thiophene rings is 1. The number of carbonyl (C=O) groups is 2. The van der Waals surface area contributed by atoms with Crippen LogP contribution in [0.3, 0.4) is 0 Å². The third kappa shape index (κ3) is 10.9. The normalized spacial score (nSPS) is 12.4. The lowest BCUT2D eigenvalue weighted by atomic mass is 10.1. The minimum Gasteiger partial charge on any atom is -0.504 e. The Morgan fingerprint density at radius 3 is 2.08 bits per heavy atom. The molecule has 16 nitrogen and oxygen atoms in total. The van der Waals surface area contributed by atoms with Crippen molar-refractivity contribution in [3.05, 3.63) is 94.8 Å². The number of aromatic hydroxyl groups is 4. The number of phenolic OH excluding ortho intramolecular Hbond substituents is 4. The number of Topliss-reactive ketones (excluding diaryl/α,β-unsaturated/α-hetero) is 1. The van der Waals surface area contributed by atoms with Gasteiger partial charge in [-0.15, -0.1) is 11.3 Å². The van der Waals surface area contributed by atoms with E-state index in [2.05, 4.69) is 5.32 Å². The number of benzene rings is 4. The average Bonchev–Trinajstić information content (AvgIpc) is 3.66. The van der Waals surface area contributed by atoms with Crippen LogP contribution in [0.1, 0.15) is 52.0 Å². The van der Waals surface area contributed by atoms with Crippen LogP contribution in [0.5, 0.6) is 40.2 Å². The predicted molar refractivity (Wildman–Crippen MR) is 204 cm³/mol. The van der Waals surface area contributed by atoms with Gasteiger partial charge >= 0.3 is 7.60 Å². The van der Waals surface area contributed by atoms with Crippen LogP contribution in [0.15, 0.2) is 64.9 Å². The Balaban J connectivity index is 1.31. The molecule has 5 aromatic rings. The maximum Gasteiger partial charge on any atom is 0.391 e. The molecule has 0 aliphatic carbocycles. The SMILES string of the molecule is N#Cc1ccc(OP(=O)(O)CNS(=O)(=O)c2cc3c(F)c(OCCCCC(=O)c4ccc(O)c(O)c4)c(OCCCNC(=O)c4ccc(O)c(O)c4)c(F)c3s2)cc1F. The molecule has 0 aliphatic rings. The van der Waals surface area contributed by atoms with Crippen molar-refractivity contribution in [3.63, 3.8) is 0 Å². The second-order valence-electron chi connectivity index (χ2n) is 12.5. The summed E-state index contributed by atoms with van der Waals surface area (Å²) in [5.41, 5.74) is -0.231. The number of ketones is 1. The molecule has 4 aromatic carbocycles. The van der Waals surface area contributed by atoms with Gasteiger partial charge in [0.1, 0.15) is 28.1 Å². The first-order valence-corrected chi connectivity index (χ1v) is 21.2. The smallest absolute Gasteiger partial charge is 0.391 e. The molecule has 1 unspecified atom stereocenters. The van der Waals surface area contributed by atoms with E-state index in [1.165, 1.54) is 12.1 Å². The zero-order valence-corrected chi connectivity index (χ0v) is 32.8. The van der Waals surface area contributed by atoms with Crippen LogP contribution in [0, 0.1) is 28.8 Å². The van der Waals surface area contributed by atoms with Crippen LogP contribution in [0.2, 0.25) is 0 Å². The van der Waals surface area contributed by atoms with E-state index in [0.29, 0.717) is 6.07 Å². The number of sulfonamides is 1. The van der Waals surface area contributed by atoms with E-state index in [1.807, 2.05) is 4.72 Å². The highest BCUT2D eigenvalue weighted by molar-refractivity contribution is 7.92. The molecular formula is C37H33F3N3O13PS2. The molecule has 22 heteroatoms. The molecule has 1 atom stereocenters. The number of nitrogens with zero attached hydrogens (tertiary/aromatic N) is 1. The van der Waals surface area contributed by atoms with Crippen molar-refractivity contribution in [1.29, 1.82) is 5.26 Å². The molecule has 0 radical (unpaired) electrons. The van der Waals surface area contributed by atoms with Gasteiger partial charge in [-0.25, -0.2) is 26.2 Å². The summed E-state index contributed by atoms with van der Waals surface area (Å²) in [7, 11) is -9.60. The fourth-order valence-corrected chi connectivity index (χ4v) is 9.15.